The molecule has 3 amide bonds. The van der Waals surface area contributed by atoms with Gasteiger partial charge in [-0.05, 0) is 36.4 Å². The number of benzene rings is 2. The second kappa shape index (κ2) is 8.17. The van der Waals surface area contributed by atoms with E-state index in [-0.39, 0.29) is 16.3 Å². The molecule has 27 heavy (non-hydrogen) atoms. The van der Waals surface area contributed by atoms with Crippen LogP contribution in [0, 0.1) is 0 Å². The molecule has 2 aromatic rings. The number of amides is 3. The molecule has 0 aromatic heterocycles. The quantitative estimate of drug-likeness (QED) is 0.673. The zero-order valence-corrected chi connectivity index (χ0v) is 15.1. The van der Waals surface area contributed by atoms with Crippen LogP contribution in [0.3, 0.4) is 0 Å². The third kappa shape index (κ3) is 5.52. The van der Waals surface area contributed by atoms with Gasteiger partial charge in [0.15, 0.2) is 0 Å². The molecule has 144 valence electrons. The van der Waals surface area contributed by atoms with Crippen LogP contribution in [-0.4, -0.2) is 30.9 Å². The summed E-state index contributed by atoms with van der Waals surface area (Å²) in [6.07, 6.45) is -4.50. The Balaban J connectivity index is 2.11. The van der Waals surface area contributed by atoms with Crippen LogP contribution in [0.15, 0.2) is 42.5 Å². The molecular formula is C17H16ClF3N4O2. The van der Waals surface area contributed by atoms with Gasteiger partial charge in [0.05, 0.1) is 21.8 Å². The van der Waals surface area contributed by atoms with E-state index < -0.39 is 23.7 Å². The van der Waals surface area contributed by atoms with Gasteiger partial charge in [0.2, 0.25) is 0 Å². The van der Waals surface area contributed by atoms with Crippen molar-refractivity contribution in [1.82, 2.24) is 10.3 Å². The van der Waals surface area contributed by atoms with E-state index in [1.807, 2.05) is 0 Å². The van der Waals surface area contributed by atoms with E-state index in [2.05, 4.69) is 16.2 Å². The zero-order valence-electron chi connectivity index (χ0n) is 14.3. The lowest BCUT2D eigenvalue weighted by molar-refractivity contribution is -0.137. The molecule has 6 nitrogen and oxygen atoms in total. The standard InChI is InChI=1S/C17H16ClF3N4O2/c1-25(2)16(27)22-11-6-7-14(18)13(9-11)15(26)24-23-12-5-3-4-10(8-12)17(19,20)21/h3-9,23H,1-2H3,(H,22,27)(H,24,26). The Morgan fingerprint density at radius 2 is 1.74 bits per heavy atom. The molecule has 0 radical (unpaired) electrons. The van der Waals surface area contributed by atoms with Crippen LogP contribution < -0.4 is 16.2 Å². The van der Waals surface area contributed by atoms with E-state index in [9.17, 15) is 22.8 Å². The molecule has 0 aliphatic heterocycles. The Labute approximate surface area is 158 Å². The minimum Gasteiger partial charge on any atom is -0.331 e. The first-order valence-electron chi connectivity index (χ1n) is 7.59. The molecule has 0 saturated carbocycles. The smallest absolute Gasteiger partial charge is 0.331 e. The van der Waals surface area contributed by atoms with Gasteiger partial charge >= 0.3 is 12.2 Å². The highest BCUT2D eigenvalue weighted by Crippen LogP contribution is 2.30. The predicted octanol–water partition coefficient (Wildman–Crippen LogP) is 4.21. The van der Waals surface area contributed by atoms with Gasteiger partial charge in [-0.1, -0.05) is 17.7 Å². The molecule has 2 rings (SSSR count). The molecular weight excluding hydrogens is 385 g/mol. The number of alkyl halides is 3. The molecule has 0 aliphatic carbocycles. The molecule has 0 fully saturated rings. The monoisotopic (exact) mass is 400 g/mol. The molecule has 0 saturated heterocycles. The van der Waals surface area contributed by atoms with Crippen molar-refractivity contribution in [3.8, 4) is 0 Å². The number of hydrogen-bond acceptors (Lipinski definition) is 3. The first-order valence-corrected chi connectivity index (χ1v) is 7.97. The summed E-state index contributed by atoms with van der Waals surface area (Å²) in [6.45, 7) is 0. The van der Waals surface area contributed by atoms with Crippen molar-refractivity contribution >= 4 is 34.9 Å². The van der Waals surface area contributed by atoms with E-state index in [0.29, 0.717) is 5.69 Å². The summed E-state index contributed by atoms with van der Waals surface area (Å²) in [6, 6.07) is 8.24. The van der Waals surface area contributed by atoms with Crippen molar-refractivity contribution in [2.24, 2.45) is 0 Å². The van der Waals surface area contributed by atoms with Gasteiger partial charge in [-0.15, -0.1) is 0 Å². The zero-order chi connectivity index (χ0) is 20.2. The number of anilines is 2. The number of hydrazine groups is 1. The van der Waals surface area contributed by atoms with E-state index in [4.69, 9.17) is 11.6 Å². The highest BCUT2D eigenvalue weighted by molar-refractivity contribution is 6.34. The number of rotatable bonds is 4. The number of urea groups is 1. The van der Waals surface area contributed by atoms with E-state index in [1.165, 1.54) is 35.2 Å². The minimum absolute atomic E-state index is 0.0349. The number of nitrogens with zero attached hydrogens (tertiary/aromatic N) is 1. The molecule has 0 bridgehead atoms. The molecule has 0 atom stereocenters. The first kappa shape index (κ1) is 20.4. The second-order valence-corrected chi connectivity index (χ2v) is 6.08. The van der Waals surface area contributed by atoms with Crippen LogP contribution in [0.25, 0.3) is 0 Å². The second-order valence-electron chi connectivity index (χ2n) is 5.68. The van der Waals surface area contributed by atoms with Gasteiger partial charge in [-0.25, -0.2) is 4.79 Å². The van der Waals surface area contributed by atoms with E-state index in [1.54, 1.807) is 14.1 Å². The number of carbonyl (C=O) groups excluding carboxylic acids is 2. The van der Waals surface area contributed by atoms with Crippen LogP contribution in [0.2, 0.25) is 5.02 Å². The summed E-state index contributed by atoms with van der Waals surface area (Å²) < 4.78 is 38.2. The van der Waals surface area contributed by atoms with Gasteiger partial charge in [0.1, 0.15) is 0 Å². The Kier molecular flexibility index (Phi) is 6.17. The minimum atomic E-state index is -4.50. The van der Waals surface area contributed by atoms with Crippen LogP contribution in [-0.2, 0) is 6.18 Å². The van der Waals surface area contributed by atoms with Crippen LogP contribution >= 0.6 is 11.6 Å². The summed E-state index contributed by atoms with van der Waals surface area (Å²) in [4.78, 5) is 25.3. The average molecular weight is 401 g/mol. The van der Waals surface area contributed by atoms with Crippen LogP contribution in [0.4, 0.5) is 29.3 Å². The van der Waals surface area contributed by atoms with Gasteiger partial charge in [0, 0.05) is 19.8 Å². The van der Waals surface area contributed by atoms with Gasteiger partial charge in [-0.3, -0.25) is 15.6 Å². The van der Waals surface area contributed by atoms with Gasteiger partial charge in [0.25, 0.3) is 5.91 Å². The Hall–Kier alpha value is -2.94. The molecule has 0 aliphatic rings. The number of halogens is 4. The van der Waals surface area contributed by atoms with E-state index >= 15 is 0 Å². The maximum absolute atomic E-state index is 12.7. The van der Waals surface area contributed by atoms with Crippen molar-refractivity contribution in [3.05, 3.63) is 58.6 Å². The molecule has 0 heterocycles. The summed E-state index contributed by atoms with van der Waals surface area (Å²) in [5, 5.41) is 2.68. The lowest BCUT2D eigenvalue weighted by Gasteiger charge is -2.14. The third-order valence-corrected chi connectivity index (χ3v) is 3.71. The number of hydrogen-bond donors (Lipinski definition) is 3. The van der Waals surface area contributed by atoms with Crippen molar-refractivity contribution in [1.29, 1.82) is 0 Å². The molecule has 2 aromatic carbocycles. The number of nitrogens with one attached hydrogen (secondary N) is 3. The molecule has 3 N–H and O–H groups in total. The summed E-state index contributed by atoms with van der Waals surface area (Å²) in [5.74, 6) is -0.682. The highest BCUT2D eigenvalue weighted by Gasteiger charge is 2.30. The fourth-order valence-electron chi connectivity index (χ4n) is 1.98. The number of carbonyl (C=O) groups is 2. The largest absolute Gasteiger partial charge is 0.416 e. The fourth-order valence-corrected chi connectivity index (χ4v) is 2.19. The van der Waals surface area contributed by atoms with Crippen molar-refractivity contribution in [2.45, 2.75) is 6.18 Å². The van der Waals surface area contributed by atoms with Gasteiger partial charge in [-0.2, -0.15) is 13.2 Å². The fraction of sp³-hybridized carbons (Fsp3) is 0.176. The van der Waals surface area contributed by atoms with Crippen LogP contribution in [0.1, 0.15) is 15.9 Å². The summed E-state index contributed by atoms with van der Waals surface area (Å²) in [7, 11) is 3.11. The Bertz CT molecular complexity index is 856. The molecule has 0 spiro atoms. The van der Waals surface area contributed by atoms with Crippen molar-refractivity contribution < 1.29 is 22.8 Å². The summed E-state index contributed by atoms with van der Waals surface area (Å²) in [5.41, 5.74) is 4.25. The van der Waals surface area contributed by atoms with Crippen molar-refractivity contribution in [3.63, 3.8) is 0 Å². The lowest BCUT2D eigenvalue weighted by atomic mass is 10.2. The lowest BCUT2D eigenvalue weighted by Crippen LogP contribution is -2.30. The molecule has 10 heteroatoms. The third-order valence-electron chi connectivity index (χ3n) is 3.38. The topological polar surface area (TPSA) is 73.5 Å². The maximum Gasteiger partial charge on any atom is 0.416 e. The van der Waals surface area contributed by atoms with Gasteiger partial charge < -0.3 is 10.2 Å². The van der Waals surface area contributed by atoms with E-state index in [0.717, 1.165) is 12.1 Å². The summed E-state index contributed by atoms with van der Waals surface area (Å²) >= 11 is 6.00. The molecule has 0 unspecified atom stereocenters. The van der Waals surface area contributed by atoms with Crippen molar-refractivity contribution in [2.75, 3.05) is 24.8 Å². The normalized spacial score (nSPS) is 10.9. The highest BCUT2D eigenvalue weighted by atomic mass is 35.5. The predicted molar refractivity (Wildman–Crippen MR) is 96.7 cm³/mol. The first-order chi connectivity index (χ1) is 12.6. The Morgan fingerprint density at radius 3 is 2.37 bits per heavy atom. The average Bonchev–Trinajstić information content (AvgIpc) is 2.60. The maximum atomic E-state index is 12.7. The SMILES string of the molecule is CN(C)C(=O)Nc1ccc(Cl)c(C(=O)NNc2cccc(C(F)(F)F)c2)c1. The van der Waals surface area contributed by atoms with Crippen LogP contribution in [0.5, 0.6) is 0 Å². The Morgan fingerprint density at radius 1 is 1.04 bits per heavy atom.